The molecule has 4 aliphatic rings. The van der Waals surface area contributed by atoms with Crippen LogP contribution in [-0.4, -0.2) is 22.4 Å². The van der Waals surface area contributed by atoms with Crippen LogP contribution in [0.4, 0.5) is 0 Å². The second-order valence-corrected chi connectivity index (χ2v) is 12.6. The van der Waals surface area contributed by atoms with E-state index in [0.717, 1.165) is 42.9 Å². The predicted octanol–water partition coefficient (Wildman–Crippen LogP) is 6.92. The van der Waals surface area contributed by atoms with Crippen molar-refractivity contribution in [2.24, 2.45) is 46.3 Å². The van der Waals surface area contributed by atoms with Crippen LogP contribution in [0.1, 0.15) is 99.3 Å². The molecule has 3 fully saturated rings. The zero-order valence-electron chi connectivity index (χ0n) is 21.0. The highest BCUT2D eigenvalue weighted by atomic mass is 16.3. The maximum absolute atomic E-state index is 10.2. The monoisotopic (exact) mass is 428 g/mol. The van der Waals surface area contributed by atoms with Crippen LogP contribution in [0.5, 0.6) is 0 Å². The number of aliphatic hydroxyl groups is 2. The summed E-state index contributed by atoms with van der Waals surface area (Å²) in [6, 6.07) is 0. The average Bonchev–Trinajstić information content (AvgIpc) is 3.05. The minimum Gasteiger partial charge on any atom is -0.393 e. The minimum absolute atomic E-state index is 0.105. The van der Waals surface area contributed by atoms with Gasteiger partial charge < -0.3 is 10.2 Å². The molecule has 0 saturated heterocycles. The maximum atomic E-state index is 10.2. The maximum Gasteiger partial charge on any atom is 0.0724 e. The summed E-state index contributed by atoms with van der Waals surface area (Å²) in [6.45, 7) is 14.0. The van der Waals surface area contributed by atoms with Crippen LogP contribution >= 0.6 is 0 Å². The summed E-state index contributed by atoms with van der Waals surface area (Å²) in [5.41, 5.74) is 3.63. The van der Waals surface area contributed by atoms with Gasteiger partial charge in [0.2, 0.25) is 0 Å². The van der Waals surface area contributed by atoms with Crippen LogP contribution in [0.2, 0.25) is 0 Å². The second kappa shape index (κ2) is 8.64. The summed E-state index contributed by atoms with van der Waals surface area (Å²) in [4.78, 5) is 0. The third kappa shape index (κ3) is 3.99. The summed E-state index contributed by atoms with van der Waals surface area (Å²) in [5.74, 6) is 4.46. The van der Waals surface area contributed by atoms with Crippen LogP contribution in [0, 0.1) is 46.3 Å². The Kier molecular flexibility index (Phi) is 6.56. The molecule has 176 valence electrons. The van der Waals surface area contributed by atoms with Crippen LogP contribution in [0.25, 0.3) is 0 Å². The summed E-state index contributed by atoms with van der Waals surface area (Å²) in [5, 5.41) is 20.4. The number of hydrogen-bond acceptors (Lipinski definition) is 2. The van der Waals surface area contributed by atoms with Crippen LogP contribution in [0.15, 0.2) is 23.3 Å². The van der Waals surface area contributed by atoms with Crippen molar-refractivity contribution < 1.29 is 10.2 Å². The molecule has 0 aromatic rings. The molecule has 2 N–H and O–H groups in total. The van der Waals surface area contributed by atoms with Gasteiger partial charge in [-0.25, -0.2) is 0 Å². The summed E-state index contributed by atoms with van der Waals surface area (Å²) < 4.78 is 0. The summed E-state index contributed by atoms with van der Waals surface area (Å²) >= 11 is 0. The Morgan fingerprint density at radius 1 is 1.06 bits per heavy atom. The van der Waals surface area contributed by atoms with Gasteiger partial charge in [0.15, 0.2) is 0 Å². The molecule has 0 aromatic carbocycles. The first-order valence-electron chi connectivity index (χ1n) is 13.3. The smallest absolute Gasteiger partial charge is 0.0724 e. The summed E-state index contributed by atoms with van der Waals surface area (Å²) in [6.07, 6.45) is 15.5. The van der Waals surface area contributed by atoms with Gasteiger partial charge in [0, 0.05) is 0 Å². The first-order chi connectivity index (χ1) is 14.6. The third-order valence-corrected chi connectivity index (χ3v) is 10.7. The Morgan fingerprint density at radius 2 is 1.81 bits per heavy atom. The normalized spacial score (nSPS) is 44.9. The minimum atomic E-state index is -0.326. The molecule has 9 unspecified atom stereocenters. The van der Waals surface area contributed by atoms with Crippen molar-refractivity contribution in [1.29, 1.82) is 0 Å². The van der Waals surface area contributed by atoms with Crippen molar-refractivity contribution in [3.05, 3.63) is 23.3 Å². The van der Waals surface area contributed by atoms with E-state index >= 15 is 0 Å². The van der Waals surface area contributed by atoms with Gasteiger partial charge in [-0.15, -0.1) is 0 Å². The van der Waals surface area contributed by atoms with Gasteiger partial charge in [0.25, 0.3) is 0 Å². The fourth-order valence-electron chi connectivity index (χ4n) is 8.99. The standard InChI is InChI=1S/C29H48O2/c1-18(2)23(20(4)30)9-7-19(3)25-11-12-26-24-10-8-21-17-22(31)13-15-28(21,5)27(24)14-16-29(25,26)6/h8-9,18-20,22,24-27,30-31H,7,10-17H2,1-6H3. The molecule has 0 radical (unpaired) electrons. The molecule has 4 aliphatic carbocycles. The van der Waals surface area contributed by atoms with Gasteiger partial charge >= 0.3 is 0 Å². The van der Waals surface area contributed by atoms with Gasteiger partial charge in [-0.05, 0) is 117 Å². The lowest BCUT2D eigenvalue weighted by atomic mass is 9.47. The Hall–Kier alpha value is -0.600. The molecule has 0 spiro atoms. The number of hydrogen-bond donors (Lipinski definition) is 2. The lowest BCUT2D eigenvalue weighted by Crippen LogP contribution is -2.50. The lowest BCUT2D eigenvalue weighted by Gasteiger charge is -2.58. The highest BCUT2D eigenvalue weighted by molar-refractivity contribution is 5.25. The van der Waals surface area contributed by atoms with E-state index in [2.05, 4.69) is 46.8 Å². The van der Waals surface area contributed by atoms with Gasteiger partial charge in [0.05, 0.1) is 12.2 Å². The van der Waals surface area contributed by atoms with Crippen LogP contribution in [0.3, 0.4) is 0 Å². The van der Waals surface area contributed by atoms with Crippen molar-refractivity contribution in [2.75, 3.05) is 0 Å². The molecule has 0 amide bonds. The van der Waals surface area contributed by atoms with Gasteiger partial charge in [-0.3, -0.25) is 0 Å². The van der Waals surface area contributed by atoms with Gasteiger partial charge in [-0.2, -0.15) is 0 Å². The number of fused-ring (bicyclic) bond motifs is 5. The largest absolute Gasteiger partial charge is 0.393 e. The van der Waals surface area contributed by atoms with Gasteiger partial charge in [0.1, 0.15) is 0 Å². The Bertz CT molecular complexity index is 708. The molecule has 3 saturated carbocycles. The summed E-state index contributed by atoms with van der Waals surface area (Å²) in [7, 11) is 0. The lowest BCUT2D eigenvalue weighted by molar-refractivity contribution is -0.0565. The molecule has 0 aromatic heterocycles. The molecule has 4 rings (SSSR count). The van der Waals surface area contributed by atoms with Crippen molar-refractivity contribution in [3.8, 4) is 0 Å². The number of aliphatic hydroxyl groups excluding tert-OH is 2. The first-order valence-corrected chi connectivity index (χ1v) is 13.3. The van der Waals surface area contributed by atoms with Crippen molar-refractivity contribution in [1.82, 2.24) is 0 Å². The van der Waals surface area contributed by atoms with Crippen LogP contribution in [-0.2, 0) is 0 Å². The van der Waals surface area contributed by atoms with Gasteiger partial charge in [-0.1, -0.05) is 52.3 Å². The van der Waals surface area contributed by atoms with Crippen molar-refractivity contribution >= 4 is 0 Å². The van der Waals surface area contributed by atoms with E-state index in [-0.39, 0.29) is 12.2 Å². The van der Waals surface area contributed by atoms with E-state index in [1.54, 1.807) is 5.57 Å². The average molecular weight is 429 g/mol. The molecule has 0 heterocycles. The quantitative estimate of drug-likeness (QED) is 0.467. The van der Waals surface area contributed by atoms with E-state index in [1.807, 2.05) is 6.92 Å². The Morgan fingerprint density at radius 3 is 2.48 bits per heavy atom. The predicted molar refractivity (Wildman–Crippen MR) is 130 cm³/mol. The number of allylic oxidation sites excluding steroid dienone is 2. The van der Waals surface area contributed by atoms with E-state index in [1.165, 1.54) is 44.1 Å². The zero-order valence-corrected chi connectivity index (χ0v) is 21.0. The number of rotatable bonds is 5. The Labute approximate surface area is 191 Å². The Balaban J connectivity index is 1.51. The third-order valence-electron chi connectivity index (χ3n) is 10.7. The SMILES string of the molecule is CC(C)C(=CCC(C)C1CCC2C3CC=C4CC(O)CCC4(C)C3CCC12C)C(C)O. The second-order valence-electron chi connectivity index (χ2n) is 12.6. The van der Waals surface area contributed by atoms with Crippen LogP contribution < -0.4 is 0 Å². The molecule has 31 heavy (non-hydrogen) atoms. The molecule has 9 atom stereocenters. The molecule has 2 heteroatoms. The van der Waals surface area contributed by atoms with E-state index in [0.29, 0.717) is 22.7 Å². The van der Waals surface area contributed by atoms with Crippen molar-refractivity contribution in [3.63, 3.8) is 0 Å². The highest BCUT2D eigenvalue weighted by Gasteiger charge is 2.59. The van der Waals surface area contributed by atoms with Crippen molar-refractivity contribution in [2.45, 2.75) is 112 Å². The molecular weight excluding hydrogens is 380 g/mol. The molecular formula is C29H48O2. The fourth-order valence-corrected chi connectivity index (χ4v) is 8.99. The zero-order chi connectivity index (χ0) is 22.6. The fraction of sp³-hybridized carbons (Fsp3) is 0.862. The van der Waals surface area contributed by atoms with E-state index < -0.39 is 0 Å². The first kappa shape index (κ1) is 23.6. The topological polar surface area (TPSA) is 40.5 Å². The molecule has 0 bridgehead atoms. The van der Waals surface area contributed by atoms with E-state index in [9.17, 15) is 10.2 Å². The molecule has 2 nitrogen and oxygen atoms in total. The highest BCUT2D eigenvalue weighted by Crippen LogP contribution is 2.67. The molecule has 0 aliphatic heterocycles. The van der Waals surface area contributed by atoms with E-state index in [4.69, 9.17) is 0 Å².